The van der Waals surface area contributed by atoms with E-state index >= 15 is 0 Å². The maximum absolute atomic E-state index is 12.9. The van der Waals surface area contributed by atoms with Crippen LogP contribution in [-0.4, -0.2) is 40.1 Å². The normalized spacial score (nSPS) is 17.2. The van der Waals surface area contributed by atoms with E-state index in [1.807, 2.05) is 42.5 Å². The Morgan fingerprint density at radius 2 is 1.96 bits per heavy atom. The number of halogens is 1. The van der Waals surface area contributed by atoms with Gasteiger partial charge in [-0.1, -0.05) is 40.2 Å². The summed E-state index contributed by atoms with van der Waals surface area (Å²) in [7, 11) is 0. The first kappa shape index (κ1) is 17.9. The number of hydrogen-bond acceptors (Lipinski definition) is 4. The molecule has 0 aliphatic carbocycles. The summed E-state index contributed by atoms with van der Waals surface area (Å²) >= 11 is 3.43. The van der Waals surface area contributed by atoms with Gasteiger partial charge in [0.05, 0.1) is 30.4 Å². The molecule has 4 rings (SSSR count). The molecule has 138 valence electrons. The van der Waals surface area contributed by atoms with Crippen LogP contribution in [0.2, 0.25) is 0 Å². The molecule has 1 amide bonds. The zero-order valence-electron chi connectivity index (χ0n) is 14.5. The summed E-state index contributed by atoms with van der Waals surface area (Å²) in [6.45, 7) is 1.45. The third-order valence-corrected chi connectivity index (χ3v) is 5.24. The van der Waals surface area contributed by atoms with Crippen molar-refractivity contribution in [3.05, 3.63) is 75.1 Å². The maximum Gasteiger partial charge on any atom is 0.269 e. The summed E-state index contributed by atoms with van der Waals surface area (Å²) in [5.41, 5.74) is 2.11. The van der Waals surface area contributed by atoms with E-state index in [1.165, 1.54) is 10.8 Å². The molecular formula is C20H18BrN3O3. The van der Waals surface area contributed by atoms with Gasteiger partial charge in [0.1, 0.15) is 12.6 Å². The van der Waals surface area contributed by atoms with Crippen molar-refractivity contribution in [1.82, 2.24) is 14.5 Å². The van der Waals surface area contributed by atoms with Crippen molar-refractivity contribution >= 4 is 32.9 Å². The summed E-state index contributed by atoms with van der Waals surface area (Å²) in [6, 6.07) is 15.2. The number of fused-ring (bicyclic) bond motifs is 1. The standard InChI is InChI=1S/C20H18BrN3O3/c21-15-7-5-14(6-8-15)18-12-23(9-10-27-18)20(26)13-24-17-4-2-1-3-16(17)22-11-19(24)25/h1-8,11,18H,9-10,12-13H2. The van der Waals surface area contributed by atoms with Crippen LogP contribution in [0.25, 0.3) is 11.0 Å². The molecule has 7 heteroatoms. The Bertz CT molecular complexity index is 1030. The van der Waals surface area contributed by atoms with Crippen molar-refractivity contribution in [3.8, 4) is 0 Å². The largest absolute Gasteiger partial charge is 0.370 e. The van der Waals surface area contributed by atoms with Crippen LogP contribution < -0.4 is 5.56 Å². The second kappa shape index (κ2) is 7.62. The molecule has 1 fully saturated rings. The van der Waals surface area contributed by atoms with Crippen LogP contribution in [0.5, 0.6) is 0 Å². The monoisotopic (exact) mass is 427 g/mol. The topological polar surface area (TPSA) is 64.4 Å². The van der Waals surface area contributed by atoms with Crippen LogP contribution >= 0.6 is 15.9 Å². The SMILES string of the molecule is O=C(Cn1c(=O)cnc2ccccc21)N1CCOC(c2ccc(Br)cc2)C1. The van der Waals surface area contributed by atoms with E-state index in [0.29, 0.717) is 30.7 Å². The number of carbonyl (C=O) groups excluding carboxylic acids is 1. The van der Waals surface area contributed by atoms with Gasteiger partial charge in [-0.05, 0) is 29.8 Å². The number of rotatable bonds is 3. The van der Waals surface area contributed by atoms with E-state index in [0.717, 1.165) is 10.0 Å². The second-order valence-electron chi connectivity index (χ2n) is 6.42. The van der Waals surface area contributed by atoms with Crippen molar-refractivity contribution in [2.24, 2.45) is 0 Å². The number of benzene rings is 2. The zero-order chi connectivity index (χ0) is 18.8. The minimum Gasteiger partial charge on any atom is -0.370 e. The van der Waals surface area contributed by atoms with Gasteiger partial charge in [0, 0.05) is 11.0 Å². The molecule has 0 N–H and O–H groups in total. The summed E-state index contributed by atoms with van der Waals surface area (Å²) in [5.74, 6) is -0.0983. The first-order chi connectivity index (χ1) is 13.1. The van der Waals surface area contributed by atoms with E-state index < -0.39 is 0 Å². The highest BCUT2D eigenvalue weighted by Gasteiger charge is 2.26. The predicted octanol–water partition coefficient (Wildman–Crippen LogP) is 2.76. The average molecular weight is 428 g/mol. The van der Waals surface area contributed by atoms with E-state index in [-0.39, 0.29) is 24.1 Å². The Labute approximate surface area is 164 Å². The highest BCUT2D eigenvalue weighted by molar-refractivity contribution is 9.10. The Morgan fingerprint density at radius 1 is 1.19 bits per heavy atom. The minimum atomic E-state index is -0.278. The van der Waals surface area contributed by atoms with Gasteiger partial charge in [0.15, 0.2) is 0 Å². The Balaban J connectivity index is 1.54. The molecule has 1 aliphatic heterocycles. The Kier molecular flexibility index (Phi) is 5.05. The van der Waals surface area contributed by atoms with Gasteiger partial charge in [0.2, 0.25) is 5.91 Å². The van der Waals surface area contributed by atoms with Crippen molar-refractivity contribution in [2.45, 2.75) is 12.6 Å². The molecule has 1 atom stereocenters. The highest BCUT2D eigenvalue weighted by Crippen LogP contribution is 2.24. The summed E-state index contributed by atoms with van der Waals surface area (Å²) in [6.07, 6.45) is 1.10. The van der Waals surface area contributed by atoms with Crippen LogP contribution in [0.15, 0.2) is 64.0 Å². The van der Waals surface area contributed by atoms with Gasteiger partial charge >= 0.3 is 0 Å². The Hall–Kier alpha value is -2.51. The summed E-state index contributed by atoms with van der Waals surface area (Å²) in [5, 5.41) is 0. The van der Waals surface area contributed by atoms with Crippen LogP contribution in [0.3, 0.4) is 0 Å². The number of para-hydroxylation sites is 2. The fourth-order valence-electron chi connectivity index (χ4n) is 3.27. The number of aromatic nitrogens is 2. The highest BCUT2D eigenvalue weighted by atomic mass is 79.9. The molecule has 1 aliphatic rings. The van der Waals surface area contributed by atoms with E-state index in [2.05, 4.69) is 20.9 Å². The Morgan fingerprint density at radius 3 is 2.78 bits per heavy atom. The molecule has 0 bridgehead atoms. The van der Waals surface area contributed by atoms with Crippen LogP contribution in [0, 0.1) is 0 Å². The number of carbonyl (C=O) groups is 1. The van der Waals surface area contributed by atoms with E-state index in [4.69, 9.17) is 4.74 Å². The van der Waals surface area contributed by atoms with Gasteiger partial charge in [0.25, 0.3) is 5.56 Å². The molecule has 2 aromatic carbocycles. The van der Waals surface area contributed by atoms with E-state index in [9.17, 15) is 9.59 Å². The lowest BCUT2D eigenvalue weighted by atomic mass is 10.1. The number of nitrogens with zero attached hydrogens (tertiary/aromatic N) is 3. The lowest BCUT2D eigenvalue weighted by Crippen LogP contribution is -2.44. The predicted molar refractivity (Wildman–Crippen MR) is 105 cm³/mol. The van der Waals surface area contributed by atoms with Crippen molar-refractivity contribution in [2.75, 3.05) is 19.7 Å². The number of hydrogen-bond donors (Lipinski definition) is 0. The van der Waals surface area contributed by atoms with Gasteiger partial charge < -0.3 is 9.64 Å². The average Bonchev–Trinajstić information content (AvgIpc) is 2.71. The van der Waals surface area contributed by atoms with Crippen LogP contribution in [-0.2, 0) is 16.1 Å². The summed E-state index contributed by atoms with van der Waals surface area (Å²) in [4.78, 5) is 31.0. The molecule has 2 heterocycles. The lowest BCUT2D eigenvalue weighted by Gasteiger charge is -2.33. The minimum absolute atomic E-state index is 0.00504. The van der Waals surface area contributed by atoms with Gasteiger partial charge in [-0.25, -0.2) is 4.98 Å². The quantitative estimate of drug-likeness (QED) is 0.644. The van der Waals surface area contributed by atoms with Gasteiger partial charge in [-0.15, -0.1) is 0 Å². The fourth-order valence-corrected chi connectivity index (χ4v) is 3.53. The molecule has 1 unspecified atom stereocenters. The molecule has 0 spiro atoms. The molecule has 1 saturated heterocycles. The second-order valence-corrected chi connectivity index (χ2v) is 7.34. The van der Waals surface area contributed by atoms with Crippen LogP contribution in [0.4, 0.5) is 0 Å². The molecule has 0 radical (unpaired) electrons. The molecule has 0 saturated carbocycles. The number of morpholine rings is 1. The molecule has 1 aromatic heterocycles. The third kappa shape index (κ3) is 3.79. The fraction of sp³-hybridized carbons (Fsp3) is 0.250. The lowest BCUT2D eigenvalue weighted by molar-refractivity contribution is -0.139. The van der Waals surface area contributed by atoms with Crippen molar-refractivity contribution in [3.63, 3.8) is 0 Å². The van der Waals surface area contributed by atoms with Crippen molar-refractivity contribution < 1.29 is 9.53 Å². The molecule has 27 heavy (non-hydrogen) atoms. The number of ether oxygens (including phenoxy) is 1. The van der Waals surface area contributed by atoms with Gasteiger partial charge in [-0.3, -0.25) is 14.2 Å². The molecule has 3 aromatic rings. The smallest absolute Gasteiger partial charge is 0.269 e. The molecule has 6 nitrogen and oxygen atoms in total. The summed E-state index contributed by atoms with van der Waals surface area (Å²) < 4.78 is 8.32. The number of amides is 1. The zero-order valence-corrected chi connectivity index (χ0v) is 16.1. The maximum atomic E-state index is 12.9. The first-order valence-corrected chi connectivity index (χ1v) is 9.50. The van der Waals surface area contributed by atoms with Gasteiger partial charge in [-0.2, -0.15) is 0 Å². The van der Waals surface area contributed by atoms with E-state index in [1.54, 1.807) is 11.0 Å². The van der Waals surface area contributed by atoms with Crippen LogP contribution in [0.1, 0.15) is 11.7 Å². The van der Waals surface area contributed by atoms with Crippen molar-refractivity contribution in [1.29, 1.82) is 0 Å². The molecular weight excluding hydrogens is 410 g/mol. The first-order valence-electron chi connectivity index (χ1n) is 8.71. The third-order valence-electron chi connectivity index (χ3n) is 4.71.